The van der Waals surface area contributed by atoms with Gasteiger partial charge in [0.05, 0.1) is 19.3 Å². The van der Waals surface area contributed by atoms with Crippen LogP contribution in [-0.4, -0.2) is 70.5 Å². The molecule has 3 rings (SSSR count). The van der Waals surface area contributed by atoms with E-state index in [1.54, 1.807) is 9.80 Å². The summed E-state index contributed by atoms with van der Waals surface area (Å²) in [7, 11) is 1.42. The van der Waals surface area contributed by atoms with E-state index in [0.717, 1.165) is 6.42 Å². The van der Waals surface area contributed by atoms with E-state index in [-0.39, 0.29) is 17.7 Å². The normalized spacial score (nSPS) is 18.4. The Labute approximate surface area is 185 Å². The molecule has 1 saturated carbocycles. The summed E-state index contributed by atoms with van der Waals surface area (Å²) in [5, 5.41) is 0. The van der Waals surface area contributed by atoms with Crippen molar-refractivity contribution >= 4 is 29.0 Å². The van der Waals surface area contributed by atoms with Gasteiger partial charge >= 0.3 is 6.09 Å². The van der Waals surface area contributed by atoms with Gasteiger partial charge in [0.15, 0.2) is 0 Å². The van der Waals surface area contributed by atoms with Gasteiger partial charge in [0, 0.05) is 49.2 Å². The van der Waals surface area contributed by atoms with Crippen LogP contribution >= 0.6 is 0 Å². The maximum Gasteiger partial charge on any atom is 0.409 e. The molecule has 1 aromatic carbocycles. The van der Waals surface area contributed by atoms with Gasteiger partial charge in [0.25, 0.3) is 5.91 Å². The zero-order chi connectivity index (χ0) is 22.2. The Morgan fingerprint density at radius 3 is 2.45 bits per heavy atom. The van der Waals surface area contributed by atoms with Crippen LogP contribution in [0.1, 0.15) is 48.9 Å². The number of nitrogens with zero attached hydrogens (tertiary/aromatic N) is 2. The minimum Gasteiger partial charge on any atom is -0.755 e. The lowest BCUT2D eigenvalue weighted by Crippen LogP contribution is -2.50. The van der Waals surface area contributed by atoms with Crippen LogP contribution < -0.4 is 9.46 Å². The molecule has 1 aliphatic heterocycles. The molecule has 1 atom stereocenters. The van der Waals surface area contributed by atoms with Gasteiger partial charge in [0.2, 0.25) is 0 Å². The quantitative estimate of drug-likeness (QED) is 0.637. The van der Waals surface area contributed by atoms with Crippen LogP contribution in [0.3, 0.4) is 0 Å². The van der Waals surface area contributed by atoms with Crippen molar-refractivity contribution in [2.45, 2.75) is 38.5 Å². The van der Waals surface area contributed by atoms with E-state index in [2.05, 4.69) is 4.72 Å². The minimum atomic E-state index is -2.46. The molecule has 0 bridgehead atoms. The molecule has 1 aliphatic carbocycles. The van der Waals surface area contributed by atoms with Crippen molar-refractivity contribution in [3.05, 3.63) is 23.8 Å². The average Bonchev–Trinajstić information content (AvgIpc) is 2.79. The molecular formula is C21H30N3O6S-. The number of amides is 2. The fourth-order valence-electron chi connectivity index (χ4n) is 4.17. The summed E-state index contributed by atoms with van der Waals surface area (Å²) < 4.78 is 34.5. The first-order valence-corrected chi connectivity index (χ1v) is 11.8. The molecule has 0 radical (unpaired) electrons. The third-order valence-corrected chi connectivity index (χ3v) is 6.34. The van der Waals surface area contributed by atoms with Crippen molar-refractivity contribution in [2.75, 3.05) is 44.6 Å². The maximum absolute atomic E-state index is 12.9. The highest BCUT2D eigenvalue weighted by atomic mass is 32.2. The lowest BCUT2D eigenvalue weighted by atomic mass is 9.87. The first-order chi connectivity index (χ1) is 15.0. The predicted molar refractivity (Wildman–Crippen MR) is 116 cm³/mol. The first kappa shape index (κ1) is 23.3. The Morgan fingerprint density at radius 2 is 1.81 bits per heavy atom. The molecular weight excluding hydrogens is 422 g/mol. The second-order valence-corrected chi connectivity index (χ2v) is 8.61. The number of hydrogen-bond acceptors (Lipinski definition) is 6. The second kappa shape index (κ2) is 11.3. The van der Waals surface area contributed by atoms with Crippen molar-refractivity contribution in [3.8, 4) is 5.75 Å². The van der Waals surface area contributed by atoms with E-state index in [9.17, 15) is 18.4 Å². The molecule has 1 aromatic rings. The number of benzene rings is 1. The molecule has 172 valence electrons. The molecule has 1 heterocycles. The molecule has 2 aliphatic rings. The van der Waals surface area contributed by atoms with Crippen LogP contribution in [0.25, 0.3) is 0 Å². The Kier molecular flexibility index (Phi) is 8.53. The summed E-state index contributed by atoms with van der Waals surface area (Å²) in [6.45, 7) is 2.05. The van der Waals surface area contributed by atoms with Gasteiger partial charge < -0.3 is 28.5 Å². The van der Waals surface area contributed by atoms with E-state index in [0.29, 0.717) is 50.0 Å². The van der Waals surface area contributed by atoms with Gasteiger partial charge in [0.1, 0.15) is 5.75 Å². The Bertz CT molecular complexity index is 791. The third-order valence-electron chi connectivity index (χ3n) is 5.93. The maximum atomic E-state index is 12.9. The smallest absolute Gasteiger partial charge is 0.409 e. The molecule has 9 nitrogen and oxygen atoms in total. The second-order valence-electron chi connectivity index (χ2n) is 7.94. The van der Waals surface area contributed by atoms with Crippen LogP contribution in [0.4, 0.5) is 10.5 Å². The van der Waals surface area contributed by atoms with Crippen molar-refractivity contribution in [3.63, 3.8) is 0 Å². The van der Waals surface area contributed by atoms with Crippen LogP contribution in [0.15, 0.2) is 18.2 Å². The summed E-state index contributed by atoms with van der Waals surface area (Å²) in [4.78, 5) is 28.5. The highest BCUT2D eigenvalue weighted by molar-refractivity contribution is 7.80. The summed E-state index contributed by atoms with van der Waals surface area (Å²) >= 11 is -2.46. The van der Waals surface area contributed by atoms with Crippen molar-refractivity contribution in [2.24, 2.45) is 5.92 Å². The van der Waals surface area contributed by atoms with Crippen LogP contribution in [0, 0.1) is 5.92 Å². The number of ether oxygens (including phenoxy) is 2. The van der Waals surface area contributed by atoms with E-state index in [1.807, 2.05) is 0 Å². The number of carbonyl (C=O) groups is 2. The lowest BCUT2D eigenvalue weighted by molar-refractivity contribution is 0.0541. The largest absolute Gasteiger partial charge is 0.755 e. The Morgan fingerprint density at radius 1 is 1.13 bits per heavy atom. The molecule has 1 N–H and O–H groups in total. The number of methoxy groups -OCH3 is 1. The average molecular weight is 453 g/mol. The van der Waals surface area contributed by atoms with Crippen LogP contribution in [-0.2, 0) is 16.0 Å². The summed E-state index contributed by atoms with van der Waals surface area (Å²) in [5.41, 5.74) is 0.649. The van der Waals surface area contributed by atoms with Gasteiger partial charge in [-0.1, -0.05) is 32.1 Å². The number of hydrogen-bond donors (Lipinski definition) is 1. The van der Waals surface area contributed by atoms with Gasteiger partial charge in [-0.05, 0) is 24.5 Å². The first-order valence-electron chi connectivity index (χ1n) is 10.7. The highest BCUT2D eigenvalue weighted by Gasteiger charge is 2.27. The number of carbonyl (C=O) groups excluding carboxylic acids is 2. The van der Waals surface area contributed by atoms with Crippen molar-refractivity contribution in [1.82, 2.24) is 9.80 Å². The summed E-state index contributed by atoms with van der Waals surface area (Å²) in [5.74, 6) is 0.725. The third kappa shape index (κ3) is 6.57. The fourth-order valence-corrected chi connectivity index (χ4v) is 4.49. The van der Waals surface area contributed by atoms with Gasteiger partial charge in [-0.3, -0.25) is 9.00 Å². The topological polar surface area (TPSA) is 111 Å². The molecule has 1 unspecified atom stereocenters. The predicted octanol–water partition coefficient (Wildman–Crippen LogP) is 2.77. The number of rotatable bonds is 7. The van der Waals surface area contributed by atoms with E-state index >= 15 is 0 Å². The Hall–Kier alpha value is -2.33. The monoisotopic (exact) mass is 452 g/mol. The van der Waals surface area contributed by atoms with Gasteiger partial charge in [-0.25, -0.2) is 4.79 Å². The van der Waals surface area contributed by atoms with Crippen molar-refractivity contribution < 1.29 is 27.8 Å². The zero-order valence-electron chi connectivity index (χ0n) is 17.8. The van der Waals surface area contributed by atoms with E-state index in [1.165, 1.54) is 57.4 Å². The molecule has 2 fully saturated rings. The van der Waals surface area contributed by atoms with E-state index < -0.39 is 11.3 Å². The molecule has 0 spiro atoms. The highest BCUT2D eigenvalue weighted by Crippen LogP contribution is 2.27. The van der Waals surface area contributed by atoms with Crippen LogP contribution in [0.2, 0.25) is 0 Å². The number of anilines is 1. The molecule has 1 saturated heterocycles. The standard InChI is InChI=1S/C21H31N3O6S/c1-29-19-15-17(22-31(27)28)7-8-18(19)20(25)23-10-12-24(13-11-23)21(26)30-14-9-16-5-3-2-4-6-16/h7-8,15-16,22H,2-6,9-14H2,1H3,(H,27,28)/p-1. The number of piperazine rings is 1. The minimum absolute atomic E-state index is 0.225. The Balaban J connectivity index is 1.47. The molecule has 2 amide bonds. The molecule has 0 aromatic heterocycles. The summed E-state index contributed by atoms with van der Waals surface area (Å²) in [6, 6.07) is 4.50. The lowest BCUT2D eigenvalue weighted by Gasteiger charge is -2.34. The van der Waals surface area contributed by atoms with Crippen molar-refractivity contribution in [1.29, 1.82) is 0 Å². The zero-order valence-corrected chi connectivity index (χ0v) is 18.7. The molecule has 31 heavy (non-hydrogen) atoms. The summed E-state index contributed by atoms with van der Waals surface area (Å²) in [6.07, 6.45) is 6.93. The molecule has 10 heteroatoms. The van der Waals surface area contributed by atoms with E-state index in [4.69, 9.17) is 9.47 Å². The SMILES string of the molecule is COc1cc(NS(=O)[O-])ccc1C(=O)N1CCN(C(=O)OCCC2CCCCC2)CC1. The van der Waals surface area contributed by atoms with Gasteiger partial charge in [-0.2, -0.15) is 0 Å². The van der Waals surface area contributed by atoms with Gasteiger partial charge in [-0.15, -0.1) is 0 Å². The fraction of sp³-hybridized carbons (Fsp3) is 0.619. The van der Waals surface area contributed by atoms with Crippen LogP contribution in [0.5, 0.6) is 5.75 Å². The number of nitrogens with one attached hydrogen (secondary N) is 1.